The zero-order valence-electron chi connectivity index (χ0n) is 11.8. The first-order valence-corrected chi connectivity index (χ1v) is 6.39. The molecule has 0 saturated carbocycles. The monoisotopic (exact) mass is 284 g/mol. The number of phenols is 1. The lowest BCUT2D eigenvalue weighted by molar-refractivity contribution is 0.0954. The number of carbonyl (C=O) groups is 1. The smallest absolute Gasteiger partial charge is 0.271 e. The molecular weight excluding hydrogens is 268 g/mol. The second-order valence-corrected chi connectivity index (χ2v) is 4.39. The molecule has 0 unspecified atom stereocenters. The molecule has 0 aliphatic carbocycles. The molecule has 21 heavy (non-hydrogen) atoms. The molecule has 0 fully saturated rings. The molecule has 108 valence electrons. The number of hydrazone groups is 1. The molecule has 2 aromatic rings. The highest BCUT2D eigenvalue weighted by Crippen LogP contribution is 2.18. The summed E-state index contributed by atoms with van der Waals surface area (Å²) in [7, 11) is 1.58. The van der Waals surface area contributed by atoms with Crippen molar-refractivity contribution < 1.29 is 14.6 Å². The van der Waals surface area contributed by atoms with Crippen molar-refractivity contribution in [1.29, 1.82) is 0 Å². The van der Waals surface area contributed by atoms with E-state index in [2.05, 4.69) is 10.5 Å². The summed E-state index contributed by atoms with van der Waals surface area (Å²) in [5.41, 5.74) is 4.23. The van der Waals surface area contributed by atoms with Crippen LogP contribution >= 0.6 is 0 Å². The maximum atomic E-state index is 11.9. The molecule has 0 aliphatic heterocycles. The fourth-order valence-electron chi connectivity index (χ4n) is 1.85. The third kappa shape index (κ3) is 3.60. The van der Waals surface area contributed by atoms with E-state index in [-0.39, 0.29) is 11.7 Å². The maximum absolute atomic E-state index is 11.9. The summed E-state index contributed by atoms with van der Waals surface area (Å²) in [6, 6.07) is 13.5. The molecule has 0 spiro atoms. The second kappa shape index (κ2) is 6.56. The van der Waals surface area contributed by atoms with Gasteiger partial charge in [-0.1, -0.05) is 18.2 Å². The van der Waals surface area contributed by atoms with Crippen molar-refractivity contribution in [3.63, 3.8) is 0 Å². The summed E-state index contributed by atoms with van der Waals surface area (Å²) < 4.78 is 5.25. The number of ether oxygens (including phenoxy) is 1. The number of benzene rings is 2. The van der Waals surface area contributed by atoms with Crippen molar-refractivity contribution in [3.8, 4) is 11.5 Å². The first kappa shape index (κ1) is 14.6. The van der Waals surface area contributed by atoms with Crippen LogP contribution in [0, 0.1) is 0 Å². The van der Waals surface area contributed by atoms with E-state index in [0.717, 1.165) is 5.56 Å². The number of hydrogen-bond donors (Lipinski definition) is 2. The van der Waals surface area contributed by atoms with Gasteiger partial charge in [-0.05, 0) is 37.3 Å². The fraction of sp³-hybridized carbons (Fsp3) is 0.125. The Morgan fingerprint density at radius 2 is 1.95 bits per heavy atom. The normalized spacial score (nSPS) is 11.0. The Morgan fingerprint density at radius 3 is 2.67 bits per heavy atom. The summed E-state index contributed by atoms with van der Waals surface area (Å²) in [6.45, 7) is 1.78. The minimum Gasteiger partial charge on any atom is -0.508 e. The van der Waals surface area contributed by atoms with Crippen molar-refractivity contribution in [1.82, 2.24) is 5.43 Å². The molecule has 0 aromatic heterocycles. The molecule has 0 atom stereocenters. The van der Waals surface area contributed by atoms with Gasteiger partial charge in [-0.2, -0.15) is 5.10 Å². The third-order valence-corrected chi connectivity index (χ3v) is 2.93. The van der Waals surface area contributed by atoms with Crippen LogP contribution in [-0.4, -0.2) is 23.8 Å². The van der Waals surface area contributed by atoms with Crippen molar-refractivity contribution in [2.45, 2.75) is 6.92 Å². The molecule has 0 aliphatic rings. The predicted molar refractivity (Wildman–Crippen MR) is 80.8 cm³/mol. The number of carbonyl (C=O) groups excluding carboxylic acids is 1. The van der Waals surface area contributed by atoms with Crippen molar-refractivity contribution in [2.24, 2.45) is 5.10 Å². The number of nitrogens with zero attached hydrogens (tertiary/aromatic N) is 1. The number of para-hydroxylation sites is 1. The van der Waals surface area contributed by atoms with E-state index in [1.54, 1.807) is 26.2 Å². The van der Waals surface area contributed by atoms with Crippen LogP contribution in [0.15, 0.2) is 53.6 Å². The van der Waals surface area contributed by atoms with Crippen LogP contribution in [-0.2, 0) is 0 Å². The van der Waals surface area contributed by atoms with Gasteiger partial charge in [0.05, 0.1) is 12.8 Å². The van der Waals surface area contributed by atoms with Gasteiger partial charge < -0.3 is 9.84 Å². The molecule has 2 N–H and O–H groups in total. The predicted octanol–water partition coefficient (Wildman–Crippen LogP) is 2.55. The third-order valence-electron chi connectivity index (χ3n) is 2.93. The standard InChI is InChI=1S/C16H16N2O3/c1-11(14-8-3-4-9-15(14)21-2)17-18-16(20)12-6-5-7-13(19)10-12/h3-10,19H,1-2H3,(H,18,20)/b17-11-. The first-order chi connectivity index (χ1) is 10.1. The first-order valence-electron chi connectivity index (χ1n) is 6.39. The summed E-state index contributed by atoms with van der Waals surface area (Å²) in [4.78, 5) is 11.9. The lowest BCUT2D eigenvalue weighted by Crippen LogP contribution is -2.19. The summed E-state index contributed by atoms with van der Waals surface area (Å²) in [6.07, 6.45) is 0. The van der Waals surface area contributed by atoms with Crippen LogP contribution in [0.25, 0.3) is 0 Å². The molecule has 0 bridgehead atoms. The summed E-state index contributed by atoms with van der Waals surface area (Å²) >= 11 is 0. The van der Waals surface area contributed by atoms with Gasteiger partial charge >= 0.3 is 0 Å². The number of nitrogens with one attached hydrogen (secondary N) is 1. The molecule has 2 rings (SSSR count). The molecule has 1 amide bonds. The van der Waals surface area contributed by atoms with Gasteiger partial charge in [0.2, 0.25) is 0 Å². The molecular formula is C16H16N2O3. The quantitative estimate of drug-likeness (QED) is 0.669. The highest BCUT2D eigenvalue weighted by molar-refractivity contribution is 6.02. The second-order valence-electron chi connectivity index (χ2n) is 4.39. The molecule has 0 radical (unpaired) electrons. The largest absolute Gasteiger partial charge is 0.508 e. The highest BCUT2D eigenvalue weighted by Gasteiger charge is 2.08. The lowest BCUT2D eigenvalue weighted by atomic mass is 10.1. The van der Waals surface area contributed by atoms with E-state index in [0.29, 0.717) is 17.0 Å². The Labute approximate surface area is 122 Å². The van der Waals surface area contributed by atoms with Gasteiger partial charge in [0.1, 0.15) is 11.5 Å². The Morgan fingerprint density at radius 1 is 1.19 bits per heavy atom. The van der Waals surface area contributed by atoms with Crippen molar-refractivity contribution >= 4 is 11.6 Å². The topological polar surface area (TPSA) is 70.9 Å². The average molecular weight is 284 g/mol. The fourth-order valence-corrected chi connectivity index (χ4v) is 1.85. The maximum Gasteiger partial charge on any atom is 0.271 e. The number of phenolic OH excluding ortho intramolecular Hbond substituents is 1. The highest BCUT2D eigenvalue weighted by atomic mass is 16.5. The molecule has 5 nitrogen and oxygen atoms in total. The Balaban J connectivity index is 2.15. The van der Waals surface area contributed by atoms with E-state index in [9.17, 15) is 9.90 Å². The lowest BCUT2D eigenvalue weighted by Gasteiger charge is -2.08. The van der Waals surface area contributed by atoms with Crippen molar-refractivity contribution in [3.05, 3.63) is 59.7 Å². The summed E-state index contributed by atoms with van der Waals surface area (Å²) in [5.74, 6) is 0.332. The minimum absolute atomic E-state index is 0.0353. The van der Waals surface area contributed by atoms with Crippen LogP contribution in [0.4, 0.5) is 0 Å². The van der Waals surface area contributed by atoms with E-state index < -0.39 is 0 Å². The molecule has 0 saturated heterocycles. The van der Waals surface area contributed by atoms with Crippen LogP contribution in [0.1, 0.15) is 22.8 Å². The van der Waals surface area contributed by atoms with Gasteiger partial charge in [0.25, 0.3) is 5.91 Å². The Hall–Kier alpha value is -2.82. The van der Waals surface area contributed by atoms with E-state index >= 15 is 0 Å². The number of amides is 1. The van der Waals surface area contributed by atoms with E-state index in [1.165, 1.54) is 12.1 Å². The number of methoxy groups -OCH3 is 1. The minimum atomic E-state index is -0.389. The zero-order valence-corrected chi connectivity index (χ0v) is 11.8. The van der Waals surface area contributed by atoms with Gasteiger partial charge in [-0.15, -0.1) is 0 Å². The zero-order chi connectivity index (χ0) is 15.2. The van der Waals surface area contributed by atoms with Crippen LogP contribution < -0.4 is 10.2 Å². The van der Waals surface area contributed by atoms with Gasteiger partial charge in [-0.25, -0.2) is 5.43 Å². The van der Waals surface area contributed by atoms with Crippen LogP contribution in [0.5, 0.6) is 11.5 Å². The van der Waals surface area contributed by atoms with Crippen molar-refractivity contribution in [2.75, 3.05) is 7.11 Å². The van der Waals surface area contributed by atoms with Gasteiger partial charge in [0.15, 0.2) is 0 Å². The Bertz CT molecular complexity index is 681. The van der Waals surface area contributed by atoms with Crippen LogP contribution in [0.3, 0.4) is 0 Å². The van der Waals surface area contributed by atoms with Gasteiger partial charge in [0, 0.05) is 11.1 Å². The summed E-state index contributed by atoms with van der Waals surface area (Å²) in [5, 5.41) is 13.4. The number of rotatable bonds is 4. The molecule has 0 heterocycles. The van der Waals surface area contributed by atoms with E-state index in [1.807, 2.05) is 24.3 Å². The SMILES string of the molecule is COc1ccccc1/C(C)=N\NC(=O)c1cccc(O)c1. The van der Waals surface area contributed by atoms with Crippen LogP contribution in [0.2, 0.25) is 0 Å². The van der Waals surface area contributed by atoms with Gasteiger partial charge in [-0.3, -0.25) is 4.79 Å². The molecule has 5 heteroatoms. The average Bonchev–Trinajstić information content (AvgIpc) is 2.52. The number of aromatic hydroxyl groups is 1. The molecule has 2 aromatic carbocycles. The van der Waals surface area contributed by atoms with E-state index in [4.69, 9.17) is 4.74 Å². The number of hydrogen-bond acceptors (Lipinski definition) is 4. The Kier molecular flexibility index (Phi) is 4.56.